The Morgan fingerprint density at radius 3 is 2.24 bits per heavy atom. The first-order valence-electron chi connectivity index (χ1n) is 8.19. The van der Waals surface area contributed by atoms with Crippen LogP contribution in [0.25, 0.3) is 0 Å². The van der Waals surface area contributed by atoms with Crippen molar-refractivity contribution >= 4 is 41.5 Å². The molecule has 1 aliphatic heterocycles. The van der Waals surface area contributed by atoms with Crippen LogP contribution in [0.5, 0.6) is 0 Å². The smallest absolute Gasteiger partial charge is 0.239 e. The van der Waals surface area contributed by atoms with Crippen LogP contribution < -0.4 is 11.1 Å². The van der Waals surface area contributed by atoms with E-state index < -0.39 is 6.04 Å². The molecule has 6 nitrogen and oxygen atoms in total. The van der Waals surface area contributed by atoms with Crippen LogP contribution in [0.1, 0.15) is 13.8 Å². The maximum Gasteiger partial charge on any atom is 0.239 e. The van der Waals surface area contributed by atoms with Crippen molar-refractivity contribution in [1.29, 1.82) is 0 Å². The molecule has 0 aliphatic carbocycles. The molecule has 1 aromatic carbocycles. The number of hydrogen-bond donors (Lipinski definition) is 2. The molecule has 3 N–H and O–H groups in total. The van der Waals surface area contributed by atoms with E-state index in [1.807, 2.05) is 18.7 Å². The minimum absolute atomic E-state index is 0. The molecule has 0 radical (unpaired) electrons. The summed E-state index contributed by atoms with van der Waals surface area (Å²) in [6.45, 7) is 6.75. The van der Waals surface area contributed by atoms with Gasteiger partial charge in [-0.25, -0.2) is 0 Å². The van der Waals surface area contributed by atoms with E-state index in [1.54, 1.807) is 29.2 Å². The van der Waals surface area contributed by atoms with Gasteiger partial charge < -0.3 is 16.0 Å². The zero-order valence-electron chi connectivity index (χ0n) is 14.6. The van der Waals surface area contributed by atoms with Crippen molar-refractivity contribution in [2.75, 3.05) is 38.0 Å². The van der Waals surface area contributed by atoms with Gasteiger partial charge in [0, 0.05) is 36.9 Å². The highest BCUT2D eigenvalue weighted by atomic mass is 35.5. The molecule has 1 aliphatic rings. The Morgan fingerprint density at radius 2 is 1.72 bits per heavy atom. The quantitative estimate of drug-likeness (QED) is 0.806. The molecule has 0 unspecified atom stereocenters. The number of rotatable bonds is 5. The summed E-state index contributed by atoms with van der Waals surface area (Å²) in [5.74, 6) is 0.0481. The van der Waals surface area contributed by atoms with Gasteiger partial charge >= 0.3 is 0 Å². The molecule has 0 spiro atoms. The monoisotopic (exact) mass is 388 g/mol. The summed E-state index contributed by atoms with van der Waals surface area (Å²) in [6.07, 6.45) is 0. The molecule has 25 heavy (non-hydrogen) atoms. The highest BCUT2D eigenvalue weighted by Crippen LogP contribution is 2.13. The minimum atomic E-state index is -0.454. The van der Waals surface area contributed by atoms with Gasteiger partial charge in [-0.1, -0.05) is 25.4 Å². The van der Waals surface area contributed by atoms with Gasteiger partial charge in [0.15, 0.2) is 0 Å². The van der Waals surface area contributed by atoms with Crippen LogP contribution in [0.2, 0.25) is 5.02 Å². The first-order chi connectivity index (χ1) is 11.4. The molecule has 0 bridgehead atoms. The number of anilines is 1. The van der Waals surface area contributed by atoms with E-state index in [1.165, 1.54) is 0 Å². The second kappa shape index (κ2) is 9.97. The number of nitrogens with zero attached hydrogens (tertiary/aromatic N) is 2. The van der Waals surface area contributed by atoms with Gasteiger partial charge in [0.1, 0.15) is 0 Å². The molecule has 1 heterocycles. The number of nitrogens with one attached hydrogen (secondary N) is 1. The first-order valence-corrected chi connectivity index (χ1v) is 8.56. The average Bonchev–Trinajstić information content (AvgIpc) is 2.56. The zero-order chi connectivity index (χ0) is 17.7. The Balaban J connectivity index is 0.00000312. The van der Waals surface area contributed by atoms with Crippen molar-refractivity contribution in [1.82, 2.24) is 9.80 Å². The number of halogens is 2. The van der Waals surface area contributed by atoms with E-state index >= 15 is 0 Å². The number of piperazine rings is 1. The molecule has 2 amide bonds. The fraction of sp³-hybridized carbons (Fsp3) is 0.529. The molecule has 8 heteroatoms. The third kappa shape index (κ3) is 6.47. The summed E-state index contributed by atoms with van der Waals surface area (Å²) in [7, 11) is 0. The largest absolute Gasteiger partial charge is 0.339 e. The summed E-state index contributed by atoms with van der Waals surface area (Å²) in [6, 6.07) is 6.55. The van der Waals surface area contributed by atoms with E-state index in [9.17, 15) is 9.59 Å². The number of nitrogens with two attached hydrogens (primary N) is 1. The molecular weight excluding hydrogens is 363 g/mol. The lowest BCUT2D eigenvalue weighted by Gasteiger charge is -2.36. The number of hydrogen-bond acceptors (Lipinski definition) is 4. The van der Waals surface area contributed by atoms with E-state index in [0.29, 0.717) is 37.7 Å². The maximum absolute atomic E-state index is 12.2. The van der Waals surface area contributed by atoms with Gasteiger partial charge in [-0.05, 0) is 30.2 Å². The van der Waals surface area contributed by atoms with Crippen LogP contribution in [0.4, 0.5) is 5.69 Å². The molecule has 1 atom stereocenters. The van der Waals surface area contributed by atoms with Crippen molar-refractivity contribution in [2.45, 2.75) is 19.9 Å². The number of benzene rings is 1. The summed E-state index contributed by atoms with van der Waals surface area (Å²) in [4.78, 5) is 28.1. The third-order valence-corrected chi connectivity index (χ3v) is 4.43. The molecule has 0 saturated carbocycles. The van der Waals surface area contributed by atoms with Crippen molar-refractivity contribution in [2.24, 2.45) is 11.7 Å². The normalized spacial score (nSPS) is 16.3. The molecule has 140 valence electrons. The summed E-state index contributed by atoms with van der Waals surface area (Å²) in [5, 5.41) is 3.48. The fourth-order valence-electron chi connectivity index (χ4n) is 2.56. The SMILES string of the molecule is CC(C)[C@H](N)C(=O)N1CCN(CC(=O)Nc2ccc(Cl)cc2)CC1.Cl. The lowest BCUT2D eigenvalue weighted by atomic mass is 10.0. The topological polar surface area (TPSA) is 78.7 Å². The molecular formula is C17H26Cl2N4O2. The highest BCUT2D eigenvalue weighted by Gasteiger charge is 2.27. The molecule has 1 fully saturated rings. The zero-order valence-corrected chi connectivity index (χ0v) is 16.1. The Labute approximate surface area is 160 Å². The molecule has 1 aromatic rings. The number of carbonyl (C=O) groups excluding carboxylic acids is 2. The van der Waals surface area contributed by atoms with E-state index in [2.05, 4.69) is 5.32 Å². The minimum Gasteiger partial charge on any atom is -0.339 e. The van der Waals surface area contributed by atoms with Gasteiger partial charge in [-0.15, -0.1) is 12.4 Å². The van der Waals surface area contributed by atoms with Crippen LogP contribution in [0.15, 0.2) is 24.3 Å². The fourth-order valence-corrected chi connectivity index (χ4v) is 2.69. The molecule has 2 rings (SSSR count). The summed E-state index contributed by atoms with van der Waals surface area (Å²) in [5.41, 5.74) is 6.65. The molecule has 0 aromatic heterocycles. The number of amides is 2. The van der Waals surface area contributed by atoms with Crippen molar-refractivity contribution < 1.29 is 9.59 Å². The van der Waals surface area contributed by atoms with Crippen LogP contribution in [0.3, 0.4) is 0 Å². The maximum atomic E-state index is 12.2. The Hall–Kier alpha value is -1.34. The van der Waals surface area contributed by atoms with Crippen molar-refractivity contribution in [3.8, 4) is 0 Å². The second-order valence-corrected chi connectivity index (χ2v) is 6.86. The highest BCUT2D eigenvalue weighted by molar-refractivity contribution is 6.30. The van der Waals surface area contributed by atoms with Gasteiger partial charge in [0.05, 0.1) is 12.6 Å². The van der Waals surface area contributed by atoms with Gasteiger partial charge in [0.25, 0.3) is 0 Å². The predicted molar refractivity (Wildman–Crippen MR) is 103 cm³/mol. The molecule has 1 saturated heterocycles. The first kappa shape index (κ1) is 21.7. The van der Waals surface area contributed by atoms with Crippen LogP contribution >= 0.6 is 24.0 Å². The lowest BCUT2D eigenvalue weighted by molar-refractivity contribution is -0.135. The van der Waals surface area contributed by atoms with E-state index in [0.717, 1.165) is 5.69 Å². The standard InChI is InChI=1S/C17H25ClN4O2.ClH/c1-12(2)16(19)17(24)22-9-7-21(8-10-22)11-15(23)20-14-5-3-13(18)4-6-14;/h3-6,12,16H,7-11,19H2,1-2H3,(H,20,23);1H/t16-;/m0./s1. The van der Waals surface area contributed by atoms with Gasteiger partial charge in [-0.3, -0.25) is 14.5 Å². The predicted octanol–water partition coefficient (Wildman–Crippen LogP) is 1.83. The average molecular weight is 389 g/mol. The van der Waals surface area contributed by atoms with Crippen molar-refractivity contribution in [3.63, 3.8) is 0 Å². The summed E-state index contributed by atoms with van der Waals surface area (Å²) >= 11 is 5.82. The van der Waals surface area contributed by atoms with Gasteiger partial charge in [-0.2, -0.15) is 0 Å². The second-order valence-electron chi connectivity index (χ2n) is 6.43. The van der Waals surface area contributed by atoms with E-state index in [-0.39, 0.29) is 30.1 Å². The van der Waals surface area contributed by atoms with Crippen LogP contribution in [-0.2, 0) is 9.59 Å². The van der Waals surface area contributed by atoms with Gasteiger partial charge in [0.2, 0.25) is 11.8 Å². The Bertz CT molecular complexity index is 573. The van der Waals surface area contributed by atoms with E-state index in [4.69, 9.17) is 17.3 Å². The van der Waals surface area contributed by atoms with Crippen molar-refractivity contribution in [3.05, 3.63) is 29.3 Å². The Kier molecular flexibility index (Phi) is 8.65. The summed E-state index contributed by atoms with van der Waals surface area (Å²) < 4.78 is 0. The lowest BCUT2D eigenvalue weighted by Crippen LogP contribution is -2.55. The third-order valence-electron chi connectivity index (χ3n) is 4.18. The van der Waals surface area contributed by atoms with Crippen LogP contribution in [-0.4, -0.2) is 60.4 Å². The Morgan fingerprint density at radius 1 is 1.16 bits per heavy atom. The van der Waals surface area contributed by atoms with Crippen LogP contribution in [0, 0.1) is 5.92 Å². The number of carbonyl (C=O) groups is 2.